The first-order valence-electron chi connectivity index (χ1n) is 11.9. The van der Waals surface area contributed by atoms with E-state index in [-0.39, 0.29) is 11.6 Å². The van der Waals surface area contributed by atoms with E-state index in [1.807, 2.05) is 32.2 Å². The molecule has 3 aromatic rings. The first kappa shape index (κ1) is 22.5. The number of nitrogens with zero attached hydrogens (tertiary/aromatic N) is 6. The fraction of sp³-hybridized carbons (Fsp3) is 0.462. The molecule has 4 heterocycles. The van der Waals surface area contributed by atoms with Crippen LogP contribution in [0, 0.1) is 25.2 Å². The van der Waals surface area contributed by atoms with Crippen LogP contribution in [-0.4, -0.2) is 65.0 Å². The number of ether oxygens (including phenoxy) is 1. The second-order valence-electron chi connectivity index (χ2n) is 9.67. The van der Waals surface area contributed by atoms with Crippen LogP contribution in [0.25, 0.3) is 10.8 Å². The maximum absolute atomic E-state index is 9.40. The highest BCUT2D eigenvalue weighted by atomic mass is 16.5. The molecule has 2 aliphatic heterocycles. The molecule has 5 rings (SSSR count). The summed E-state index contributed by atoms with van der Waals surface area (Å²) in [4.78, 5) is 9.64. The average molecular weight is 458 g/mol. The Balaban J connectivity index is 1.41. The molecule has 0 unspecified atom stereocenters. The molecular weight excluding hydrogens is 426 g/mol. The monoisotopic (exact) mass is 457 g/mol. The number of aryl methyl sites for hydroxylation is 1. The third kappa shape index (κ3) is 3.95. The summed E-state index contributed by atoms with van der Waals surface area (Å²) in [5.74, 6) is 1.69. The van der Waals surface area contributed by atoms with Crippen molar-refractivity contribution in [2.45, 2.75) is 39.3 Å². The summed E-state index contributed by atoms with van der Waals surface area (Å²) in [5.41, 5.74) is 3.77. The maximum atomic E-state index is 9.40. The largest absolute Gasteiger partial charge is 0.379 e. The lowest BCUT2D eigenvalue weighted by Gasteiger charge is -2.55. The number of rotatable bonds is 5. The van der Waals surface area contributed by atoms with Crippen LogP contribution in [-0.2, 0) is 4.74 Å². The van der Waals surface area contributed by atoms with Crippen molar-refractivity contribution in [2.75, 3.05) is 49.6 Å². The number of nitrogens with one attached hydrogen (secondary N) is 1. The van der Waals surface area contributed by atoms with Crippen molar-refractivity contribution in [1.29, 1.82) is 5.26 Å². The minimum absolute atomic E-state index is 0.0289. The lowest BCUT2D eigenvalue weighted by atomic mass is 9.89. The van der Waals surface area contributed by atoms with Crippen LogP contribution in [0.1, 0.15) is 42.3 Å². The minimum Gasteiger partial charge on any atom is -0.379 e. The van der Waals surface area contributed by atoms with Crippen molar-refractivity contribution in [3.8, 4) is 6.07 Å². The molecule has 2 aliphatic rings. The number of pyridine rings is 1. The van der Waals surface area contributed by atoms with Gasteiger partial charge in [0.05, 0.1) is 42.1 Å². The summed E-state index contributed by atoms with van der Waals surface area (Å²) < 4.78 is 5.53. The highest BCUT2D eigenvalue weighted by molar-refractivity contribution is 5.94. The third-order valence-corrected chi connectivity index (χ3v) is 7.31. The van der Waals surface area contributed by atoms with Crippen molar-refractivity contribution in [1.82, 2.24) is 20.1 Å². The molecule has 0 spiro atoms. The van der Waals surface area contributed by atoms with E-state index in [0.717, 1.165) is 78.6 Å². The van der Waals surface area contributed by atoms with Crippen LogP contribution in [0.3, 0.4) is 0 Å². The third-order valence-electron chi connectivity index (χ3n) is 7.31. The van der Waals surface area contributed by atoms with Crippen molar-refractivity contribution >= 4 is 22.4 Å². The summed E-state index contributed by atoms with van der Waals surface area (Å²) in [6.45, 7) is 13.9. The molecular formula is C26H31N7O. The highest BCUT2D eigenvalue weighted by Gasteiger charge is 2.44. The first-order chi connectivity index (χ1) is 16.4. The SMILES string of the molecule is Cc1c(C#N)cccc1[C@@H](C)Nc1nnc(C)c2cnc(N3CC(C)(N4CCOCC4)C3)cc12. The van der Waals surface area contributed by atoms with E-state index >= 15 is 0 Å². The highest BCUT2D eigenvalue weighted by Crippen LogP contribution is 2.35. The molecule has 8 heteroatoms. The molecule has 2 saturated heterocycles. The molecule has 0 bridgehead atoms. The first-order valence-corrected chi connectivity index (χ1v) is 11.9. The Bertz CT molecular complexity index is 1260. The smallest absolute Gasteiger partial charge is 0.157 e. The maximum Gasteiger partial charge on any atom is 0.157 e. The van der Waals surface area contributed by atoms with Crippen LogP contribution < -0.4 is 10.2 Å². The topological polar surface area (TPSA) is 90.2 Å². The van der Waals surface area contributed by atoms with Crippen LogP contribution in [0.2, 0.25) is 0 Å². The molecule has 2 fully saturated rings. The predicted octanol–water partition coefficient (Wildman–Crippen LogP) is 3.60. The molecule has 0 aliphatic carbocycles. The van der Waals surface area contributed by atoms with Gasteiger partial charge in [0.25, 0.3) is 0 Å². The Kier molecular flexibility index (Phi) is 5.84. The van der Waals surface area contributed by atoms with Gasteiger partial charge < -0.3 is 15.0 Å². The molecule has 1 N–H and O–H groups in total. The normalized spacial score (nSPS) is 18.9. The molecule has 0 radical (unpaired) electrons. The van der Waals surface area contributed by atoms with Gasteiger partial charge >= 0.3 is 0 Å². The molecule has 1 atom stereocenters. The van der Waals surface area contributed by atoms with Gasteiger partial charge in [0.2, 0.25) is 0 Å². The Morgan fingerprint density at radius 1 is 1.15 bits per heavy atom. The second kappa shape index (κ2) is 8.82. The summed E-state index contributed by atoms with van der Waals surface area (Å²) in [6, 6.07) is 10.2. The van der Waals surface area contributed by atoms with Crippen LogP contribution in [0.5, 0.6) is 0 Å². The van der Waals surface area contributed by atoms with E-state index in [9.17, 15) is 5.26 Å². The Hall–Kier alpha value is -3.28. The number of anilines is 2. The Morgan fingerprint density at radius 3 is 2.65 bits per heavy atom. The van der Waals surface area contributed by atoms with Gasteiger partial charge in [-0.2, -0.15) is 10.4 Å². The number of nitriles is 1. The van der Waals surface area contributed by atoms with E-state index in [0.29, 0.717) is 5.56 Å². The lowest BCUT2D eigenvalue weighted by molar-refractivity contribution is -0.0266. The van der Waals surface area contributed by atoms with Gasteiger partial charge in [-0.15, -0.1) is 5.10 Å². The van der Waals surface area contributed by atoms with Crippen LogP contribution in [0.15, 0.2) is 30.5 Å². The minimum atomic E-state index is -0.0289. The van der Waals surface area contributed by atoms with Gasteiger partial charge in [0, 0.05) is 43.1 Å². The lowest BCUT2D eigenvalue weighted by Crippen LogP contribution is -2.70. The van der Waals surface area contributed by atoms with Gasteiger partial charge in [0.15, 0.2) is 5.82 Å². The molecule has 34 heavy (non-hydrogen) atoms. The summed E-state index contributed by atoms with van der Waals surface area (Å²) in [5, 5.41) is 23.8. The fourth-order valence-electron chi connectivity index (χ4n) is 5.21. The van der Waals surface area contributed by atoms with E-state index in [1.165, 1.54) is 0 Å². The Morgan fingerprint density at radius 2 is 1.91 bits per heavy atom. The second-order valence-corrected chi connectivity index (χ2v) is 9.67. The van der Waals surface area contributed by atoms with Crippen molar-refractivity contribution in [3.05, 3.63) is 52.8 Å². The van der Waals surface area contributed by atoms with E-state index in [4.69, 9.17) is 9.72 Å². The van der Waals surface area contributed by atoms with Crippen molar-refractivity contribution in [2.24, 2.45) is 0 Å². The van der Waals surface area contributed by atoms with Crippen LogP contribution >= 0.6 is 0 Å². The number of benzene rings is 1. The summed E-state index contributed by atoms with van der Waals surface area (Å²) >= 11 is 0. The molecule has 0 amide bonds. The Labute approximate surface area is 200 Å². The number of aromatic nitrogens is 3. The van der Waals surface area contributed by atoms with Crippen molar-refractivity contribution < 1.29 is 4.74 Å². The predicted molar refractivity (Wildman–Crippen MR) is 133 cm³/mol. The van der Waals surface area contributed by atoms with Gasteiger partial charge in [-0.05, 0) is 51.0 Å². The zero-order chi connectivity index (χ0) is 23.9. The van der Waals surface area contributed by atoms with E-state index in [2.05, 4.69) is 57.4 Å². The number of hydrogen-bond acceptors (Lipinski definition) is 8. The van der Waals surface area contributed by atoms with Gasteiger partial charge in [-0.3, -0.25) is 4.90 Å². The zero-order valence-corrected chi connectivity index (χ0v) is 20.3. The molecule has 176 valence electrons. The van der Waals surface area contributed by atoms with Gasteiger partial charge in [-0.25, -0.2) is 4.98 Å². The molecule has 8 nitrogen and oxygen atoms in total. The summed E-state index contributed by atoms with van der Waals surface area (Å²) in [6.07, 6.45) is 1.91. The zero-order valence-electron chi connectivity index (χ0n) is 20.3. The molecule has 0 saturated carbocycles. The quantitative estimate of drug-likeness (QED) is 0.622. The van der Waals surface area contributed by atoms with E-state index in [1.54, 1.807) is 0 Å². The fourth-order valence-corrected chi connectivity index (χ4v) is 5.21. The average Bonchev–Trinajstić information content (AvgIpc) is 2.84. The van der Waals surface area contributed by atoms with Crippen LogP contribution in [0.4, 0.5) is 11.6 Å². The number of fused-ring (bicyclic) bond motifs is 1. The van der Waals surface area contributed by atoms with Gasteiger partial charge in [0.1, 0.15) is 5.82 Å². The number of hydrogen-bond donors (Lipinski definition) is 1. The van der Waals surface area contributed by atoms with E-state index < -0.39 is 0 Å². The van der Waals surface area contributed by atoms with Crippen molar-refractivity contribution in [3.63, 3.8) is 0 Å². The molecule has 2 aromatic heterocycles. The number of morpholine rings is 1. The standard InChI is InChI=1S/C26H31N7O/c1-17-20(13-27)6-5-7-21(17)18(2)29-25-22-12-24(28-14-23(22)19(3)30-31-25)32-15-26(4,16-32)33-8-10-34-11-9-33/h5-7,12,14,18H,8-11,15-16H2,1-4H3,(H,29,31)/t18-/m1/s1. The van der Waals surface area contributed by atoms with Gasteiger partial charge in [-0.1, -0.05) is 12.1 Å². The summed E-state index contributed by atoms with van der Waals surface area (Å²) in [7, 11) is 0. The molecule has 1 aromatic carbocycles.